The van der Waals surface area contributed by atoms with Gasteiger partial charge in [-0.2, -0.15) is 0 Å². The molecule has 1 N–H and O–H groups in total. The molecular weight excluding hydrogens is 446 g/mol. The van der Waals surface area contributed by atoms with Crippen LogP contribution in [0, 0.1) is 13.8 Å². The molecule has 6 heteroatoms. The van der Waals surface area contributed by atoms with Crippen LogP contribution >= 0.6 is 11.3 Å². The number of carbonyl (C=O) groups excluding carboxylic acids is 2. The highest BCUT2D eigenvalue weighted by Crippen LogP contribution is 2.44. The average Bonchev–Trinajstić information content (AvgIpc) is 3.46. The Morgan fingerprint density at radius 2 is 1.79 bits per heavy atom. The second kappa shape index (κ2) is 10.3. The molecule has 0 radical (unpaired) electrons. The van der Waals surface area contributed by atoms with Crippen LogP contribution in [-0.2, 0) is 9.59 Å². The first kappa shape index (κ1) is 23.8. The lowest BCUT2D eigenvalue weighted by atomic mass is 9.99. The third-order valence-electron chi connectivity index (χ3n) is 6.24. The fraction of sp³-hybridized carbons (Fsp3) is 0.286. The van der Waals surface area contributed by atoms with E-state index in [0.717, 1.165) is 35.3 Å². The van der Waals surface area contributed by atoms with Crippen molar-refractivity contribution in [3.05, 3.63) is 87.1 Å². The van der Waals surface area contributed by atoms with Gasteiger partial charge in [0, 0.05) is 16.1 Å². The lowest BCUT2D eigenvalue weighted by Gasteiger charge is -2.26. The summed E-state index contributed by atoms with van der Waals surface area (Å²) in [6.07, 6.45) is 3.23. The average molecular weight is 476 g/mol. The first-order valence-electron chi connectivity index (χ1n) is 11.6. The van der Waals surface area contributed by atoms with Gasteiger partial charge in [0.2, 0.25) is 0 Å². The number of aliphatic hydroxyl groups excluding tert-OH is 1. The van der Waals surface area contributed by atoms with Gasteiger partial charge in [-0.3, -0.25) is 14.5 Å². The van der Waals surface area contributed by atoms with Gasteiger partial charge in [-0.25, -0.2) is 0 Å². The fourth-order valence-electron chi connectivity index (χ4n) is 4.20. The minimum Gasteiger partial charge on any atom is -0.507 e. The zero-order valence-corrected chi connectivity index (χ0v) is 20.5. The van der Waals surface area contributed by atoms with Gasteiger partial charge in [-0.15, -0.1) is 11.3 Å². The molecule has 1 unspecified atom stereocenters. The molecule has 2 aromatic carbocycles. The number of aryl methyl sites for hydroxylation is 1. The smallest absolute Gasteiger partial charge is 0.300 e. The van der Waals surface area contributed by atoms with Crippen LogP contribution in [0.5, 0.6) is 5.75 Å². The van der Waals surface area contributed by atoms with E-state index in [-0.39, 0.29) is 11.3 Å². The number of Topliss-reactive ketones (excluding diaryl/α,β-unsaturated/α-hetero) is 1. The maximum absolute atomic E-state index is 13.3. The Labute approximate surface area is 204 Å². The van der Waals surface area contributed by atoms with Crippen molar-refractivity contribution in [2.24, 2.45) is 0 Å². The minimum absolute atomic E-state index is 0.102. The third-order valence-corrected chi connectivity index (χ3v) is 7.16. The second-order valence-corrected chi connectivity index (χ2v) is 9.46. The van der Waals surface area contributed by atoms with Crippen LogP contribution in [-0.4, -0.2) is 23.4 Å². The van der Waals surface area contributed by atoms with Gasteiger partial charge in [0.1, 0.15) is 17.6 Å². The van der Waals surface area contributed by atoms with Crippen LogP contribution in [0.15, 0.2) is 65.6 Å². The number of rotatable bonds is 8. The Kier molecular flexibility index (Phi) is 7.17. The van der Waals surface area contributed by atoms with E-state index < -0.39 is 17.7 Å². The summed E-state index contributed by atoms with van der Waals surface area (Å²) in [6.45, 7) is 6.69. The molecule has 4 rings (SSSR count). The van der Waals surface area contributed by atoms with Gasteiger partial charge in [-0.1, -0.05) is 38.0 Å². The van der Waals surface area contributed by atoms with Crippen LogP contribution < -0.4 is 9.64 Å². The lowest BCUT2D eigenvalue weighted by molar-refractivity contribution is -0.132. The second-order valence-electron chi connectivity index (χ2n) is 8.48. The standard InChI is InChI=1S/C28H29NO4S/c1-4-5-6-16-33-21-14-12-20(13-15-21)26(30)24-25(23-11-8-17-34-23)29(28(32)27(24)31)22-10-7-9-18(2)19(22)3/h7-15,17,25,30H,4-6,16H2,1-3H3/b26-24-. The van der Waals surface area contributed by atoms with Gasteiger partial charge in [0.15, 0.2) is 0 Å². The van der Waals surface area contributed by atoms with E-state index in [2.05, 4.69) is 6.92 Å². The van der Waals surface area contributed by atoms with Crippen molar-refractivity contribution in [1.82, 2.24) is 0 Å². The highest BCUT2D eigenvalue weighted by molar-refractivity contribution is 7.10. The molecule has 3 aromatic rings. The van der Waals surface area contributed by atoms with Crippen LogP contribution in [0.3, 0.4) is 0 Å². The number of benzene rings is 2. The van der Waals surface area contributed by atoms with E-state index in [4.69, 9.17) is 4.74 Å². The normalized spacial score (nSPS) is 17.4. The molecule has 0 spiro atoms. The number of carbonyl (C=O) groups is 2. The Hall–Kier alpha value is -3.38. The van der Waals surface area contributed by atoms with Crippen LogP contribution in [0.1, 0.15) is 53.8 Å². The summed E-state index contributed by atoms with van der Waals surface area (Å²) in [7, 11) is 0. The van der Waals surface area contributed by atoms with E-state index in [1.807, 2.05) is 49.6 Å². The molecule has 0 saturated carbocycles. The lowest BCUT2D eigenvalue weighted by Crippen LogP contribution is -2.29. The third kappa shape index (κ3) is 4.50. The van der Waals surface area contributed by atoms with Gasteiger partial charge < -0.3 is 9.84 Å². The predicted octanol–water partition coefficient (Wildman–Crippen LogP) is 6.56. The van der Waals surface area contributed by atoms with E-state index in [0.29, 0.717) is 23.6 Å². The maximum atomic E-state index is 13.3. The van der Waals surface area contributed by atoms with Gasteiger partial charge in [0.25, 0.3) is 11.7 Å². The van der Waals surface area contributed by atoms with E-state index in [1.54, 1.807) is 24.3 Å². The topological polar surface area (TPSA) is 66.8 Å². The SMILES string of the molecule is CCCCCOc1ccc(/C(O)=C2/C(=O)C(=O)N(c3cccc(C)c3C)C2c2cccs2)cc1. The Morgan fingerprint density at radius 1 is 1.03 bits per heavy atom. The quantitative estimate of drug-likeness (QED) is 0.173. The van der Waals surface area contributed by atoms with E-state index >= 15 is 0 Å². The molecule has 34 heavy (non-hydrogen) atoms. The van der Waals surface area contributed by atoms with Crippen molar-refractivity contribution in [3.63, 3.8) is 0 Å². The van der Waals surface area contributed by atoms with Gasteiger partial charge in [0.05, 0.1) is 12.2 Å². The van der Waals surface area contributed by atoms with Crippen LogP contribution in [0.25, 0.3) is 5.76 Å². The molecule has 1 aliphatic rings. The molecule has 0 bridgehead atoms. The Bertz CT molecular complexity index is 1210. The summed E-state index contributed by atoms with van der Waals surface area (Å²) in [4.78, 5) is 28.8. The number of hydrogen-bond acceptors (Lipinski definition) is 5. The minimum atomic E-state index is -0.689. The molecule has 5 nitrogen and oxygen atoms in total. The summed E-state index contributed by atoms with van der Waals surface area (Å²) in [6, 6.07) is 15.8. The van der Waals surface area contributed by atoms with Crippen molar-refractivity contribution < 1.29 is 19.4 Å². The summed E-state index contributed by atoms with van der Waals surface area (Å²) >= 11 is 1.45. The maximum Gasteiger partial charge on any atom is 0.300 e. The number of thiophene rings is 1. The van der Waals surface area contributed by atoms with Crippen LogP contribution in [0.2, 0.25) is 0 Å². The van der Waals surface area contributed by atoms with E-state index in [1.165, 1.54) is 16.2 Å². The highest BCUT2D eigenvalue weighted by atomic mass is 32.1. The molecule has 176 valence electrons. The Balaban J connectivity index is 1.74. The van der Waals surface area contributed by atoms with Gasteiger partial charge >= 0.3 is 0 Å². The summed E-state index contributed by atoms with van der Waals surface area (Å²) in [5, 5.41) is 13.2. The number of amides is 1. The number of nitrogens with zero attached hydrogens (tertiary/aromatic N) is 1. The molecule has 1 amide bonds. The van der Waals surface area contributed by atoms with Crippen molar-refractivity contribution in [3.8, 4) is 5.75 Å². The summed E-state index contributed by atoms with van der Waals surface area (Å²) in [5.41, 5.74) is 3.20. The predicted molar refractivity (Wildman–Crippen MR) is 136 cm³/mol. The number of aliphatic hydroxyl groups is 1. The molecule has 1 saturated heterocycles. The number of hydrogen-bond donors (Lipinski definition) is 1. The first-order valence-corrected chi connectivity index (χ1v) is 12.5. The molecule has 2 heterocycles. The number of unbranched alkanes of at least 4 members (excludes halogenated alkanes) is 2. The van der Waals surface area contributed by atoms with Crippen molar-refractivity contribution in [2.75, 3.05) is 11.5 Å². The van der Waals surface area contributed by atoms with Crippen molar-refractivity contribution in [1.29, 1.82) is 0 Å². The highest BCUT2D eigenvalue weighted by Gasteiger charge is 2.47. The fourth-order valence-corrected chi connectivity index (χ4v) is 5.02. The first-order chi connectivity index (χ1) is 16.4. The molecular formula is C28H29NO4S. The van der Waals surface area contributed by atoms with Crippen molar-refractivity contribution >= 4 is 34.5 Å². The summed E-state index contributed by atoms with van der Waals surface area (Å²) in [5.74, 6) is -0.790. The monoisotopic (exact) mass is 475 g/mol. The van der Waals surface area contributed by atoms with Gasteiger partial charge in [-0.05, 0) is 73.2 Å². The molecule has 0 aliphatic carbocycles. The molecule has 1 atom stereocenters. The van der Waals surface area contributed by atoms with E-state index in [9.17, 15) is 14.7 Å². The molecule has 1 aliphatic heterocycles. The number of ketones is 1. The molecule has 1 aromatic heterocycles. The van der Waals surface area contributed by atoms with Crippen LogP contribution in [0.4, 0.5) is 5.69 Å². The van der Waals surface area contributed by atoms with Crippen molar-refractivity contribution in [2.45, 2.75) is 46.1 Å². The number of anilines is 1. The summed E-state index contributed by atoms with van der Waals surface area (Å²) < 4.78 is 5.76. The zero-order valence-electron chi connectivity index (χ0n) is 19.7. The zero-order chi connectivity index (χ0) is 24.2. The molecule has 1 fully saturated rings. The Morgan fingerprint density at radius 3 is 2.47 bits per heavy atom. The largest absolute Gasteiger partial charge is 0.507 e. The number of ether oxygens (including phenoxy) is 1.